The van der Waals surface area contributed by atoms with Gasteiger partial charge in [-0.15, -0.1) is 0 Å². The monoisotopic (exact) mass is 322 g/mol. The summed E-state index contributed by atoms with van der Waals surface area (Å²) < 4.78 is 0.852. The zero-order valence-electron chi connectivity index (χ0n) is 10.7. The van der Waals surface area contributed by atoms with Crippen LogP contribution in [0.3, 0.4) is 0 Å². The van der Waals surface area contributed by atoms with Crippen molar-refractivity contribution < 1.29 is 9.59 Å². The van der Waals surface area contributed by atoms with Gasteiger partial charge >= 0.3 is 0 Å². The van der Waals surface area contributed by atoms with Crippen LogP contribution in [0.1, 0.15) is 31.2 Å². The Kier molecular flexibility index (Phi) is 3.17. The number of carbonyl (C=O) groups is 2. The Bertz CT molecular complexity index is 534. The quantitative estimate of drug-likeness (QED) is 0.747. The van der Waals surface area contributed by atoms with E-state index in [-0.39, 0.29) is 23.7 Å². The second kappa shape index (κ2) is 4.71. The molecule has 2 fully saturated rings. The van der Waals surface area contributed by atoms with Gasteiger partial charge in [0.25, 0.3) is 0 Å². The van der Waals surface area contributed by atoms with E-state index in [9.17, 15) is 9.59 Å². The summed E-state index contributed by atoms with van der Waals surface area (Å²) in [7, 11) is 0. The first-order valence-electron chi connectivity index (χ1n) is 6.59. The Morgan fingerprint density at radius 2 is 1.79 bits per heavy atom. The highest BCUT2D eigenvalue weighted by atomic mass is 79.9. The minimum absolute atomic E-state index is 0.0624. The normalized spacial score (nSPS) is 26.7. The molecule has 100 valence electrons. The van der Waals surface area contributed by atoms with Crippen LogP contribution in [-0.2, 0) is 9.59 Å². The van der Waals surface area contributed by atoms with Crippen molar-refractivity contribution in [1.29, 1.82) is 0 Å². The van der Waals surface area contributed by atoms with E-state index in [2.05, 4.69) is 20.9 Å². The Labute approximate surface area is 120 Å². The summed E-state index contributed by atoms with van der Waals surface area (Å²) in [5.41, 5.74) is 0.842. The highest BCUT2D eigenvalue weighted by Gasteiger charge is 2.49. The predicted molar refractivity (Wildman–Crippen MR) is 74.6 cm³/mol. The molecule has 3 rings (SSSR count). The lowest BCUT2D eigenvalue weighted by atomic mass is 9.81. The molecule has 0 aromatic carbocycles. The third-order valence-electron chi connectivity index (χ3n) is 4.07. The summed E-state index contributed by atoms with van der Waals surface area (Å²) in [5, 5.41) is 0. The molecule has 0 spiro atoms. The highest BCUT2D eigenvalue weighted by Crippen LogP contribution is 2.40. The zero-order valence-corrected chi connectivity index (χ0v) is 12.3. The summed E-state index contributed by atoms with van der Waals surface area (Å²) in [4.78, 5) is 30.4. The fraction of sp³-hybridized carbons (Fsp3) is 0.500. The van der Waals surface area contributed by atoms with Gasteiger partial charge in [0.05, 0.1) is 11.8 Å². The van der Waals surface area contributed by atoms with Crippen LogP contribution in [0.2, 0.25) is 0 Å². The number of halogens is 1. The fourth-order valence-corrected chi connectivity index (χ4v) is 3.58. The van der Waals surface area contributed by atoms with Crippen molar-refractivity contribution in [1.82, 2.24) is 4.98 Å². The first-order valence-corrected chi connectivity index (χ1v) is 7.39. The van der Waals surface area contributed by atoms with E-state index in [4.69, 9.17) is 0 Å². The Hall–Kier alpha value is -1.23. The molecule has 19 heavy (non-hydrogen) atoms. The van der Waals surface area contributed by atoms with Gasteiger partial charge in [0.15, 0.2) is 0 Å². The lowest BCUT2D eigenvalue weighted by Gasteiger charge is -2.19. The molecular weight excluding hydrogens is 308 g/mol. The second-order valence-corrected chi connectivity index (χ2v) is 6.22. The van der Waals surface area contributed by atoms with Gasteiger partial charge in [0, 0.05) is 10.7 Å². The number of anilines is 1. The van der Waals surface area contributed by atoms with E-state index in [0.29, 0.717) is 5.82 Å². The van der Waals surface area contributed by atoms with Crippen LogP contribution < -0.4 is 4.90 Å². The maximum atomic E-state index is 12.4. The molecular formula is C14H15BrN2O2. The molecule has 2 amide bonds. The number of aromatic nitrogens is 1. The number of fused-ring (bicyclic) bond motifs is 1. The van der Waals surface area contributed by atoms with Crippen molar-refractivity contribution in [3.63, 3.8) is 0 Å². The Morgan fingerprint density at radius 1 is 1.21 bits per heavy atom. The summed E-state index contributed by atoms with van der Waals surface area (Å²) >= 11 is 3.35. The highest BCUT2D eigenvalue weighted by molar-refractivity contribution is 9.10. The van der Waals surface area contributed by atoms with Crippen molar-refractivity contribution >= 4 is 33.6 Å². The van der Waals surface area contributed by atoms with E-state index >= 15 is 0 Å². The van der Waals surface area contributed by atoms with E-state index in [1.165, 1.54) is 4.90 Å². The van der Waals surface area contributed by atoms with Crippen LogP contribution in [-0.4, -0.2) is 16.8 Å². The van der Waals surface area contributed by atoms with Crippen molar-refractivity contribution in [2.75, 3.05) is 4.90 Å². The Balaban J connectivity index is 2.00. The van der Waals surface area contributed by atoms with E-state index < -0.39 is 0 Å². The van der Waals surface area contributed by atoms with Crippen molar-refractivity contribution in [2.45, 2.75) is 32.6 Å². The first kappa shape index (κ1) is 12.8. The van der Waals surface area contributed by atoms with Gasteiger partial charge in [-0.3, -0.25) is 9.59 Å². The average molecular weight is 323 g/mol. The number of pyridine rings is 1. The van der Waals surface area contributed by atoms with Gasteiger partial charge in [-0.2, -0.15) is 0 Å². The molecule has 5 heteroatoms. The second-order valence-electron chi connectivity index (χ2n) is 5.30. The van der Waals surface area contributed by atoms with Gasteiger partial charge in [-0.25, -0.2) is 9.88 Å². The van der Waals surface area contributed by atoms with E-state index in [1.54, 1.807) is 6.20 Å². The minimum Gasteiger partial charge on any atom is -0.274 e. The summed E-state index contributed by atoms with van der Waals surface area (Å²) in [5.74, 6) is 0.130. The average Bonchev–Trinajstić information content (AvgIpc) is 2.64. The molecule has 1 aliphatic carbocycles. The summed E-state index contributed by atoms with van der Waals surface area (Å²) in [6, 6.07) is 1.88. The fourth-order valence-electron chi connectivity index (χ4n) is 3.14. The lowest BCUT2D eigenvalue weighted by molar-refractivity contribution is -0.122. The van der Waals surface area contributed by atoms with E-state index in [0.717, 1.165) is 35.7 Å². The lowest BCUT2D eigenvalue weighted by Crippen LogP contribution is -2.32. The molecule has 1 saturated heterocycles. The van der Waals surface area contributed by atoms with Gasteiger partial charge in [-0.05, 0) is 47.3 Å². The molecule has 4 nitrogen and oxygen atoms in total. The van der Waals surface area contributed by atoms with Crippen LogP contribution in [0, 0.1) is 18.8 Å². The number of hydrogen-bond acceptors (Lipinski definition) is 3. The van der Waals surface area contributed by atoms with Crippen LogP contribution >= 0.6 is 15.9 Å². The minimum atomic E-state index is -0.119. The molecule has 2 unspecified atom stereocenters. The number of nitrogens with zero attached hydrogens (tertiary/aromatic N) is 2. The molecule has 1 aromatic heterocycles. The number of amides is 2. The van der Waals surface area contributed by atoms with Gasteiger partial charge in [0.2, 0.25) is 11.8 Å². The predicted octanol–water partition coefficient (Wildman–Crippen LogP) is 2.83. The van der Waals surface area contributed by atoms with E-state index in [1.807, 2.05) is 13.0 Å². The maximum Gasteiger partial charge on any atom is 0.238 e. The number of imide groups is 1. The molecule has 0 radical (unpaired) electrons. The molecule has 2 heterocycles. The molecule has 0 N–H and O–H groups in total. The molecule has 1 saturated carbocycles. The molecule has 1 aromatic rings. The van der Waals surface area contributed by atoms with Gasteiger partial charge < -0.3 is 0 Å². The van der Waals surface area contributed by atoms with Gasteiger partial charge in [0.1, 0.15) is 5.82 Å². The number of carbonyl (C=O) groups excluding carboxylic acids is 2. The molecule has 2 atom stereocenters. The summed E-state index contributed by atoms with van der Waals surface area (Å²) in [6.07, 6.45) is 5.38. The van der Waals surface area contributed by atoms with Crippen molar-refractivity contribution in [2.24, 2.45) is 11.8 Å². The SMILES string of the molecule is Cc1cc(Br)cnc1N1C(=O)C2CCCCC2C1=O. The Morgan fingerprint density at radius 3 is 2.32 bits per heavy atom. The van der Waals surface area contributed by atoms with Crippen LogP contribution in [0.25, 0.3) is 0 Å². The number of hydrogen-bond donors (Lipinski definition) is 0. The smallest absolute Gasteiger partial charge is 0.238 e. The summed E-state index contributed by atoms with van der Waals surface area (Å²) in [6.45, 7) is 1.87. The van der Waals surface area contributed by atoms with Crippen LogP contribution in [0.15, 0.2) is 16.7 Å². The van der Waals surface area contributed by atoms with Crippen LogP contribution in [0.5, 0.6) is 0 Å². The standard InChI is InChI=1S/C14H15BrN2O2/c1-8-6-9(15)7-16-12(8)17-13(18)10-4-2-3-5-11(10)14(17)19/h6-7,10-11H,2-5H2,1H3. The third-order valence-corrected chi connectivity index (χ3v) is 4.50. The maximum absolute atomic E-state index is 12.4. The molecule has 1 aliphatic heterocycles. The number of aryl methyl sites for hydroxylation is 1. The zero-order chi connectivity index (χ0) is 13.6. The van der Waals surface area contributed by atoms with Gasteiger partial charge in [-0.1, -0.05) is 12.8 Å². The molecule has 2 aliphatic rings. The number of rotatable bonds is 1. The van der Waals surface area contributed by atoms with Crippen molar-refractivity contribution in [3.8, 4) is 0 Å². The molecule has 0 bridgehead atoms. The largest absolute Gasteiger partial charge is 0.274 e. The first-order chi connectivity index (χ1) is 9.09. The van der Waals surface area contributed by atoms with Crippen molar-refractivity contribution in [3.05, 3.63) is 22.3 Å². The topological polar surface area (TPSA) is 50.3 Å². The third kappa shape index (κ3) is 2.00. The van der Waals surface area contributed by atoms with Crippen LogP contribution in [0.4, 0.5) is 5.82 Å².